The molecule has 1 aliphatic carbocycles. The van der Waals surface area contributed by atoms with Gasteiger partial charge in [0.15, 0.2) is 0 Å². The molecule has 0 amide bonds. The highest BCUT2D eigenvalue weighted by atomic mass is 16.5. The summed E-state index contributed by atoms with van der Waals surface area (Å²) >= 11 is 0. The predicted molar refractivity (Wildman–Crippen MR) is 65.3 cm³/mol. The van der Waals surface area contributed by atoms with Crippen molar-refractivity contribution >= 4 is 5.97 Å². The lowest BCUT2D eigenvalue weighted by atomic mass is 9.87. The quantitative estimate of drug-likeness (QED) is 0.750. The molecule has 3 nitrogen and oxygen atoms in total. The van der Waals surface area contributed by atoms with Crippen LogP contribution >= 0.6 is 0 Å². The summed E-state index contributed by atoms with van der Waals surface area (Å²) in [7, 11) is 1.48. The molecule has 0 spiro atoms. The lowest BCUT2D eigenvalue weighted by molar-refractivity contribution is -0.149. The third-order valence-electron chi connectivity index (χ3n) is 3.72. The highest BCUT2D eigenvalue weighted by Crippen LogP contribution is 2.44. The molecule has 0 aromatic carbocycles. The minimum atomic E-state index is -0.451. The van der Waals surface area contributed by atoms with E-state index in [0.717, 1.165) is 25.7 Å². The maximum absolute atomic E-state index is 12.0. The Bertz CT molecular complexity index is 263. The first-order valence-corrected chi connectivity index (χ1v) is 6.21. The van der Waals surface area contributed by atoms with Crippen molar-refractivity contribution in [1.29, 1.82) is 0 Å². The number of esters is 1. The van der Waals surface area contributed by atoms with Gasteiger partial charge in [-0.05, 0) is 38.0 Å². The highest BCUT2D eigenvalue weighted by Gasteiger charge is 2.49. The molecule has 0 radical (unpaired) electrons. The zero-order valence-corrected chi connectivity index (χ0v) is 11.2. The molecule has 1 saturated carbocycles. The summed E-state index contributed by atoms with van der Waals surface area (Å²) < 4.78 is 4.97. The average Bonchev–Trinajstić information content (AvgIpc) is 2.54. The monoisotopic (exact) mass is 227 g/mol. The number of hydrogen-bond donors (Lipinski definition) is 1. The van der Waals surface area contributed by atoms with Crippen LogP contribution in [0.3, 0.4) is 0 Å². The second kappa shape index (κ2) is 4.74. The first-order valence-electron chi connectivity index (χ1n) is 6.21. The largest absolute Gasteiger partial charge is 0.468 e. The number of carbonyl (C=O) groups excluding carboxylic acids is 1. The minimum absolute atomic E-state index is 0.0987. The Hall–Kier alpha value is -0.570. The molecular weight excluding hydrogens is 202 g/mol. The fourth-order valence-electron chi connectivity index (χ4n) is 2.67. The molecule has 1 rings (SSSR count). The number of methoxy groups -OCH3 is 1. The standard InChI is InChI=1S/C13H25NO2/c1-6-10(2)14-13(11(15)16-5)8-7-12(3,4)9-13/h10,14H,6-9H2,1-5H3. The summed E-state index contributed by atoms with van der Waals surface area (Å²) in [6.07, 6.45) is 3.86. The van der Waals surface area contributed by atoms with Crippen molar-refractivity contribution in [2.45, 2.75) is 65.0 Å². The summed E-state index contributed by atoms with van der Waals surface area (Å²) in [6, 6.07) is 0.355. The van der Waals surface area contributed by atoms with Crippen LogP contribution in [0.1, 0.15) is 53.4 Å². The highest BCUT2D eigenvalue weighted by molar-refractivity contribution is 5.81. The van der Waals surface area contributed by atoms with Gasteiger partial charge in [0, 0.05) is 6.04 Å². The smallest absolute Gasteiger partial charge is 0.326 e. The van der Waals surface area contributed by atoms with Crippen LogP contribution < -0.4 is 5.32 Å². The van der Waals surface area contributed by atoms with Gasteiger partial charge in [0.05, 0.1) is 7.11 Å². The van der Waals surface area contributed by atoms with E-state index in [1.165, 1.54) is 7.11 Å². The van der Waals surface area contributed by atoms with Crippen LogP contribution in [-0.2, 0) is 9.53 Å². The van der Waals surface area contributed by atoms with E-state index >= 15 is 0 Å². The lowest BCUT2D eigenvalue weighted by Crippen LogP contribution is -2.54. The molecular formula is C13H25NO2. The zero-order valence-electron chi connectivity index (χ0n) is 11.2. The van der Waals surface area contributed by atoms with Crippen molar-refractivity contribution in [1.82, 2.24) is 5.32 Å². The van der Waals surface area contributed by atoms with Crippen molar-refractivity contribution in [3.8, 4) is 0 Å². The maximum Gasteiger partial charge on any atom is 0.326 e. The normalized spacial score (nSPS) is 30.1. The summed E-state index contributed by atoms with van der Waals surface area (Å²) in [6.45, 7) is 8.69. The first kappa shape index (κ1) is 13.5. The summed E-state index contributed by atoms with van der Waals surface area (Å²) in [5.74, 6) is -0.0987. The first-order chi connectivity index (χ1) is 7.35. The van der Waals surface area contributed by atoms with Crippen molar-refractivity contribution in [2.75, 3.05) is 7.11 Å². The molecule has 1 N–H and O–H groups in total. The van der Waals surface area contributed by atoms with E-state index < -0.39 is 5.54 Å². The van der Waals surface area contributed by atoms with E-state index in [-0.39, 0.29) is 11.4 Å². The van der Waals surface area contributed by atoms with E-state index in [2.05, 4.69) is 33.0 Å². The van der Waals surface area contributed by atoms with Gasteiger partial charge in [0.1, 0.15) is 5.54 Å². The predicted octanol–water partition coefficient (Wildman–Crippen LogP) is 2.50. The van der Waals surface area contributed by atoms with Crippen molar-refractivity contribution in [3.63, 3.8) is 0 Å². The topological polar surface area (TPSA) is 38.3 Å². The van der Waals surface area contributed by atoms with Gasteiger partial charge in [0.25, 0.3) is 0 Å². The van der Waals surface area contributed by atoms with Gasteiger partial charge in [-0.1, -0.05) is 20.8 Å². The van der Waals surface area contributed by atoms with Gasteiger partial charge < -0.3 is 4.74 Å². The summed E-state index contributed by atoms with van der Waals surface area (Å²) in [5, 5.41) is 3.47. The molecule has 3 heteroatoms. The molecule has 0 saturated heterocycles. The van der Waals surface area contributed by atoms with Gasteiger partial charge in [-0.25, -0.2) is 0 Å². The molecule has 2 atom stereocenters. The number of carbonyl (C=O) groups is 1. The Morgan fingerprint density at radius 1 is 1.44 bits per heavy atom. The SMILES string of the molecule is CCC(C)NC1(C(=O)OC)CCC(C)(C)C1. The minimum Gasteiger partial charge on any atom is -0.468 e. The molecule has 94 valence electrons. The average molecular weight is 227 g/mol. The van der Waals surface area contributed by atoms with Crippen molar-refractivity contribution in [3.05, 3.63) is 0 Å². The third kappa shape index (κ3) is 2.76. The van der Waals surface area contributed by atoms with Crippen LogP contribution in [0.25, 0.3) is 0 Å². The molecule has 16 heavy (non-hydrogen) atoms. The Labute approximate surface area is 98.9 Å². The molecule has 0 aliphatic heterocycles. The summed E-state index contributed by atoms with van der Waals surface area (Å²) in [4.78, 5) is 12.0. The Morgan fingerprint density at radius 3 is 2.44 bits per heavy atom. The summed E-state index contributed by atoms with van der Waals surface area (Å²) in [5.41, 5.74) is -0.220. The Balaban J connectivity index is 2.83. The molecule has 1 aliphatic rings. The van der Waals surface area contributed by atoms with Crippen molar-refractivity contribution < 1.29 is 9.53 Å². The fraction of sp³-hybridized carbons (Fsp3) is 0.923. The van der Waals surface area contributed by atoms with Crippen molar-refractivity contribution in [2.24, 2.45) is 5.41 Å². The number of ether oxygens (including phenoxy) is 1. The van der Waals surface area contributed by atoms with Crippen LogP contribution in [0, 0.1) is 5.41 Å². The van der Waals surface area contributed by atoms with Gasteiger partial charge >= 0.3 is 5.97 Å². The van der Waals surface area contributed by atoms with Crippen LogP contribution in [0.5, 0.6) is 0 Å². The van der Waals surface area contributed by atoms with Gasteiger partial charge in [-0.3, -0.25) is 10.1 Å². The van der Waals surface area contributed by atoms with E-state index in [1.54, 1.807) is 0 Å². The van der Waals surface area contributed by atoms with Gasteiger partial charge in [0.2, 0.25) is 0 Å². The van der Waals surface area contributed by atoms with Gasteiger partial charge in [-0.15, -0.1) is 0 Å². The molecule has 0 aromatic rings. The Kier molecular flexibility index (Phi) is 4.00. The van der Waals surface area contributed by atoms with Crippen LogP contribution in [0.4, 0.5) is 0 Å². The van der Waals surface area contributed by atoms with E-state index in [9.17, 15) is 4.79 Å². The van der Waals surface area contributed by atoms with Crippen LogP contribution in [-0.4, -0.2) is 24.7 Å². The Morgan fingerprint density at radius 2 is 2.06 bits per heavy atom. The number of rotatable bonds is 4. The number of nitrogens with one attached hydrogen (secondary N) is 1. The third-order valence-corrected chi connectivity index (χ3v) is 3.72. The second-order valence-electron chi connectivity index (χ2n) is 5.87. The van der Waals surface area contributed by atoms with E-state index in [0.29, 0.717) is 6.04 Å². The fourth-order valence-corrected chi connectivity index (χ4v) is 2.67. The van der Waals surface area contributed by atoms with E-state index in [1.807, 2.05) is 0 Å². The van der Waals surface area contributed by atoms with E-state index in [4.69, 9.17) is 4.74 Å². The zero-order chi connectivity index (χ0) is 12.4. The number of hydrogen-bond acceptors (Lipinski definition) is 3. The van der Waals surface area contributed by atoms with Crippen LogP contribution in [0.15, 0.2) is 0 Å². The maximum atomic E-state index is 12.0. The van der Waals surface area contributed by atoms with Gasteiger partial charge in [-0.2, -0.15) is 0 Å². The lowest BCUT2D eigenvalue weighted by Gasteiger charge is -2.32. The molecule has 0 aromatic heterocycles. The molecule has 1 fully saturated rings. The molecule has 0 bridgehead atoms. The van der Waals surface area contributed by atoms with Crippen LogP contribution in [0.2, 0.25) is 0 Å². The second-order valence-corrected chi connectivity index (χ2v) is 5.87. The molecule has 0 heterocycles. The molecule has 2 unspecified atom stereocenters.